The van der Waals surface area contributed by atoms with Crippen molar-refractivity contribution in [3.05, 3.63) is 48.0 Å². The number of nitrogens with zero attached hydrogens (tertiary/aromatic N) is 2. The van der Waals surface area contributed by atoms with Crippen LogP contribution in [0.4, 0.5) is 0 Å². The van der Waals surface area contributed by atoms with Crippen LogP contribution in [0.25, 0.3) is 22.2 Å². The molecular formula is C24H28N2O2S. The number of carbonyl (C=O) groups is 1. The summed E-state index contributed by atoms with van der Waals surface area (Å²) in [5.74, 6) is 1.04. The minimum atomic E-state index is -0.228. The molecule has 1 unspecified atom stereocenters. The fraction of sp³-hybridized carbons (Fsp3) is 0.375. The topological polar surface area (TPSA) is 34.5 Å². The molecule has 3 aromatic rings. The molecule has 0 bridgehead atoms. The van der Waals surface area contributed by atoms with Crippen LogP contribution in [-0.4, -0.2) is 35.6 Å². The predicted molar refractivity (Wildman–Crippen MR) is 121 cm³/mol. The van der Waals surface area contributed by atoms with Gasteiger partial charge in [0.2, 0.25) is 5.91 Å². The first-order chi connectivity index (χ1) is 14.1. The normalized spacial score (nSPS) is 15.1. The maximum absolute atomic E-state index is 13.5. The minimum absolute atomic E-state index is 0.196. The fourth-order valence-electron chi connectivity index (χ4n) is 4.32. The number of hydrogen-bond donors (Lipinski definition) is 0. The molecule has 1 atom stereocenters. The van der Waals surface area contributed by atoms with E-state index in [1.807, 2.05) is 11.0 Å². The molecule has 0 saturated heterocycles. The van der Waals surface area contributed by atoms with E-state index in [0.717, 1.165) is 48.3 Å². The van der Waals surface area contributed by atoms with Gasteiger partial charge in [0.25, 0.3) is 0 Å². The molecule has 4 nitrogen and oxygen atoms in total. The van der Waals surface area contributed by atoms with Crippen molar-refractivity contribution in [3.63, 3.8) is 0 Å². The van der Waals surface area contributed by atoms with Crippen molar-refractivity contribution in [2.24, 2.45) is 0 Å². The average Bonchev–Trinajstić information content (AvgIpc) is 3.08. The van der Waals surface area contributed by atoms with E-state index in [9.17, 15) is 4.79 Å². The molecule has 29 heavy (non-hydrogen) atoms. The van der Waals surface area contributed by atoms with Crippen molar-refractivity contribution < 1.29 is 9.53 Å². The van der Waals surface area contributed by atoms with Crippen molar-refractivity contribution in [2.45, 2.75) is 43.9 Å². The van der Waals surface area contributed by atoms with Gasteiger partial charge in [-0.1, -0.05) is 25.1 Å². The highest BCUT2D eigenvalue weighted by Gasteiger charge is 2.37. The lowest BCUT2D eigenvalue weighted by molar-refractivity contribution is -0.130. The maximum Gasteiger partial charge on any atom is 0.240 e. The zero-order valence-corrected chi connectivity index (χ0v) is 18.4. The van der Waals surface area contributed by atoms with Crippen LogP contribution in [0.5, 0.6) is 5.75 Å². The van der Waals surface area contributed by atoms with Crippen LogP contribution in [0, 0.1) is 0 Å². The van der Waals surface area contributed by atoms with Gasteiger partial charge in [0, 0.05) is 47.1 Å². The van der Waals surface area contributed by atoms with Gasteiger partial charge in [-0.25, -0.2) is 0 Å². The zero-order valence-electron chi connectivity index (χ0n) is 17.6. The predicted octanol–water partition coefficient (Wildman–Crippen LogP) is 5.74. The fourth-order valence-corrected chi connectivity index (χ4v) is 5.63. The number of aromatic nitrogens is 1. The summed E-state index contributed by atoms with van der Waals surface area (Å²) in [6.45, 7) is 8.66. The van der Waals surface area contributed by atoms with Gasteiger partial charge in [0.05, 0.1) is 18.3 Å². The molecule has 0 N–H and O–H groups in total. The van der Waals surface area contributed by atoms with E-state index in [1.54, 1.807) is 18.9 Å². The Morgan fingerprint density at radius 1 is 1.14 bits per heavy atom. The highest BCUT2D eigenvalue weighted by atomic mass is 32.2. The van der Waals surface area contributed by atoms with Gasteiger partial charge in [-0.05, 0) is 38.5 Å². The second kappa shape index (κ2) is 8.15. The summed E-state index contributed by atoms with van der Waals surface area (Å²) in [5, 5.41) is 0.926. The number of aryl methyl sites for hydroxylation is 1. The lowest BCUT2D eigenvalue weighted by Crippen LogP contribution is -2.34. The van der Waals surface area contributed by atoms with Crippen molar-refractivity contribution in [3.8, 4) is 17.0 Å². The molecule has 1 amide bonds. The molecule has 2 aromatic carbocycles. The quantitative estimate of drug-likeness (QED) is 0.521. The number of hydrogen-bond acceptors (Lipinski definition) is 3. The second-order valence-corrected chi connectivity index (χ2v) is 8.45. The number of amides is 1. The Bertz CT molecular complexity index is 1050. The van der Waals surface area contributed by atoms with Gasteiger partial charge in [0.15, 0.2) is 0 Å². The van der Waals surface area contributed by atoms with Gasteiger partial charge in [-0.2, -0.15) is 0 Å². The minimum Gasteiger partial charge on any atom is -0.497 e. The van der Waals surface area contributed by atoms with Crippen molar-refractivity contribution >= 4 is 28.6 Å². The third-order valence-electron chi connectivity index (χ3n) is 5.71. The first-order valence-electron chi connectivity index (χ1n) is 10.4. The summed E-state index contributed by atoms with van der Waals surface area (Å²) in [7, 11) is 1.70. The summed E-state index contributed by atoms with van der Waals surface area (Å²) in [4.78, 5) is 16.7. The largest absolute Gasteiger partial charge is 0.497 e. The molecule has 2 heterocycles. The third-order valence-corrected chi connectivity index (χ3v) is 6.99. The summed E-state index contributed by atoms with van der Waals surface area (Å²) in [6, 6.07) is 14.7. The first-order valence-corrected chi connectivity index (χ1v) is 11.3. The summed E-state index contributed by atoms with van der Waals surface area (Å²) in [6.07, 6.45) is 1.03. The van der Waals surface area contributed by atoms with Crippen molar-refractivity contribution in [1.82, 2.24) is 9.47 Å². The van der Waals surface area contributed by atoms with Crippen LogP contribution in [-0.2, 0) is 11.3 Å². The van der Waals surface area contributed by atoms with Crippen LogP contribution in [0.3, 0.4) is 0 Å². The number of thioether (sulfide) groups is 1. The second-order valence-electron chi connectivity index (χ2n) is 7.30. The van der Waals surface area contributed by atoms with Crippen LogP contribution < -0.4 is 4.74 Å². The van der Waals surface area contributed by atoms with Crippen LogP contribution in [0.2, 0.25) is 0 Å². The van der Waals surface area contributed by atoms with Gasteiger partial charge in [0.1, 0.15) is 11.0 Å². The molecule has 152 valence electrons. The lowest BCUT2D eigenvalue weighted by Gasteiger charge is -2.30. The van der Waals surface area contributed by atoms with E-state index in [4.69, 9.17) is 4.74 Å². The number of fused-ring (bicyclic) bond motifs is 5. The highest BCUT2D eigenvalue weighted by molar-refractivity contribution is 8.00. The Morgan fingerprint density at radius 3 is 2.59 bits per heavy atom. The molecule has 1 aromatic heterocycles. The van der Waals surface area contributed by atoms with Gasteiger partial charge in [-0.3, -0.25) is 4.79 Å². The van der Waals surface area contributed by atoms with Crippen molar-refractivity contribution in [1.29, 1.82) is 0 Å². The number of ether oxygens (including phenoxy) is 1. The number of carbonyl (C=O) groups excluding carboxylic acids is 1. The highest BCUT2D eigenvalue weighted by Crippen LogP contribution is 2.53. The van der Waals surface area contributed by atoms with Crippen molar-refractivity contribution in [2.75, 3.05) is 20.2 Å². The average molecular weight is 409 g/mol. The molecule has 0 radical (unpaired) electrons. The van der Waals surface area contributed by atoms with E-state index in [0.29, 0.717) is 0 Å². The van der Waals surface area contributed by atoms with E-state index in [-0.39, 0.29) is 11.2 Å². The number of likely N-dealkylation sites (N-methyl/N-ethyl adjacent to an activating group) is 1. The molecule has 0 spiro atoms. The standard InChI is InChI=1S/C24H28N2O2S/c1-5-14-26-19-15-16(28-4)12-13-17(19)21-22(26)18-10-8-9-11-20(18)29-23(21)24(27)25(6-2)7-3/h8-13,15,23H,5-7,14H2,1-4H3. The molecular weight excluding hydrogens is 380 g/mol. The monoisotopic (exact) mass is 408 g/mol. The first kappa shape index (κ1) is 19.9. The number of rotatable bonds is 6. The molecule has 5 heteroatoms. The lowest BCUT2D eigenvalue weighted by atomic mass is 10.0. The molecule has 4 rings (SSSR count). The SMILES string of the molecule is CCCn1c2c(c3ccc(OC)cc31)C(C(=O)N(CC)CC)Sc1ccccc1-2. The van der Waals surface area contributed by atoms with E-state index >= 15 is 0 Å². The van der Waals surface area contributed by atoms with E-state index in [2.05, 4.69) is 61.7 Å². The third kappa shape index (κ3) is 3.21. The van der Waals surface area contributed by atoms with Crippen LogP contribution >= 0.6 is 11.8 Å². The number of benzene rings is 2. The molecule has 1 aliphatic heterocycles. The van der Waals surface area contributed by atoms with Crippen LogP contribution in [0.15, 0.2) is 47.4 Å². The summed E-state index contributed by atoms with van der Waals surface area (Å²) < 4.78 is 7.89. The summed E-state index contributed by atoms with van der Waals surface area (Å²) in [5.41, 5.74) is 4.71. The zero-order chi connectivity index (χ0) is 20.5. The van der Waals surface area contributed by atoms with Crippen LogP contribution in [0.1, 0.15) is 38.0 Å². The maximum atomic E-state index is 13.5. The van der Waals surface area contributed by atoms with Gasteiger partial charge >= 0.3 is 0 Å². The smallest absolute Gasteiger partial charge is 0.240 e. The Morgan fingerprint density at radius 2 is 1.90 bits per heavy atom. The Hall–Kier alpha value is -2.40. The molecule has 0 saturated carbocycles. The van der Waals surface area contributed by atoms with Gasteiger partial charge in [-0.15, -0.1) is 11.8 Å². The van der Waals surface area contributed by atoms with E-state index in [1.165, 1.54) is 16.2 Å². The Balaban J connectivity index is 2.04. The molecule has 0 aliphatic carbocycles. The molecule has 0 fully saturated rings. The Kier molecular flexibility index (Phi) is 5.59. The molecule has 1 aliphatic rings. The number of methoxy groups -OCH3 is 1. The van der Waals surface area contributed by atoms with E-state index < -0.39 is 0 Å². The Labute approximate surface area is 176 Å². The summed E-state index contributed by atoms with van der Waals surface area (Å²) >= 11 is 1.69. The van der Waals surface area contributed by atoms with Gasteiger partial charge < -0.3 is 14.2 Å².